The predicted octanol–water partition coefficient (Wildman–Crippen LogP) is 3.45. The average molecular weight is 497 g/mol. The molecule has 3 rings (SSSR count). The van der Waals surface area contributed by atoms with Gasteiger partial charge in [0.05, 0.1) is 25.9 Å². The van der Waals surface area contributed by atoms with Gasteiger partial charge < -0.3 is 25.2 Å². The highest BCUT2D eigenvalue weighted by Gasteiger charge is 2.12. The molecule has 0 bridgehead atoms. The van der Waals surface area contributed by atoms with E-state index in [4.69, 9.17) is 9.47 Å². The number of benzene rings is 2. The molecule has 2 aromatic carbocycles. The molecule has 28 heavy (non-hydrogen) atoms. The molecule has 1 unspecified atom stereocenters. The van der Waals surface area contributed by atoms with Crippen molar-refractivity contribution < 1.29 is 14.6 Å². The zero-order chi connectivity index (χ0) is 18.9. The van der Waals surface area contributed by atoms with Gasteiger partial charge in [0.1, 0.15) is 0 Å². The van der Waals surface area contributed by atoms with Gasteiger partial charge in [-0.05, 0) is 24.6 Å². The quantitative estimate of drug-likeness (QED) is 0.324. The standard InChI is InChI=1S/C21H27N3O3.HI/c1-2-22-21(23-15-18(25)13-16-7-4-3-5-8-16)24-17-9-10-19-20(14-17)27-12-6-11-26-19;/h3-5,7-10,14,18,25H,2,6,11-13,15H2,1H3,(H2,22,23,24);1H. The minimum atomic E-state index is -0.536. The summed E-state index contributed by atoms with van der Waals surface area (Å²) in [7, 11) is 0. The van der Waals surface area contributed by atoms with Gasteiger partial charge in [-0.3, -0.25) is 4.99 Å². The Balaban J connectivity index is 0.00000280. The highest BCUT2D eigenvalue weighted by molar-refractivity contribution is 14.0. The molecule has 0 aromatic heterocycles. The van der Waals surface area contributed by atoms with E-state index >= 15 is 0 Å². The highest BCUT2D eigenvalue weighted by atomic mass is 127. The maximum Gasteiger partial charge on any atom is 0.195 e. The second-order valence-corrected chi connectivity index (χ2v) is 6.40. The lowest BCUT2D eigenvalue weighted by molar-refractivity contribution is 0.184. The first kappa shape index (κ1) is 22.3. The average Bonchev–Trinajstić information content (AvgIpc) is 2.92. The van der Waals surface area contributed by atoms with Crippen LogP contribution in [0.2, 0.25) is 0 Å². The molecule has 1 heterocycles. The van der Waals surface area contributed by atoms with E-state index < -0.39 is 6.10 Å². The molecule has 1 aliphatic heterocycles. The number of hydrogen-bond donors (Lipinski definition) is 3. The molecule has 3 N–H and O–H groups in total. The van der Waals surface area contributed by atoms with Crippen LogP contribution < -0.4 is 20.1 Å². The summed E-state index contributed by atoms with van der Waals surface area (Å²) in [6.45, 7) is 4.37. The normalized spacial score (nSPS) is 14.4. The minimum Gasteiger partial charge on any atom is -0.490 e. The molecule has 152 valence electrons. The summed E-state index contributed by atoms with van der Waals surface area (Å²) in [6.07, 6.45) is 0.917. The molecular weight excluding hydrogens is 469 g/mol. The maximum absolute atomic E-state index is 10.3. The highest BCUT2D eigenvalue weighted by Crippen LogP contribution is 2.32. The fourth-order valence-corrected chi connectivity index (χ4v) is 2.83. The van der Waals surface area contributed by atoms with Gasteiger partial charge in [0, 0.05) is 31.1 Å². The summed E-state index contributed by atoms with van der Waals surface area (Å²) < 4.78 is 11.4. The van der Waals surface area contributed by atoms with Crippen LogP contribution in [0.25, 0.3) is 0 Å². The molecule has 1 aliphatic rings. The molecule has 0 radical (unpaired) electrons. The minimum absolute atomic E-state index is 0. The Hall–Kier alpha value is -2.00. The number of aliphatic hydroxyl groups excluding tert-OH is 1. The number of anilines is 1. The van der Waals surface area contributed by atoms with Gasteiger partial charge in [0.25, 0.3) is 0 Å². The van der Waals surface area contributed by atoms with Crippen molar-refractivity contribution in [2.45, 2.75) is 25.9 Å². The van der Waals surface area contributed by atoms with Gasteiger partial charge in [-0.1, -0.05) is 30.3 Å². The number of nitrogens with zero attached hydrogens (tertiary/aromatic N) is 1. The number of nitrogens with one attached hydrogen (secondary N) is 2. The maximum atomic E-state index is 10.3. The Labute approximate surface area is 183 Å². The van der Waals surface area contributed by atoms with E-state index in [1.807, 2.05) is 55.5 Å². The molecule has 0 aliphatic carbocycles. The lowest BCUT2D eigenvalue weighted by Crippen LogP contribution is -2.32. The number of ether oxygens (including phenoxy) is 2. The van der Waals surface area contributed by atoms with Crippen LogP contribution in [0.4, 0.5) is 5.69 Å². The summed E-state index contributed by atoms with van der Waals surface area (Å²) in [6, 6.07) is 15.7. The fourth-order valence-electron chi connectivity index (χ4n) is 2.83. The van der Waals surface area contributed by atoms with Crippen LogP contribution in [0.5, 0.6) is 11.5 Å². The van der Waals surface area contributed by atoms with E-state index in [9.17, 15) is 5.11 Å². The third-order valence-electron chi connectivity index (χ3n) is 4.13. The Bertz CT molecular complexity index is 756. The fraction of sp³-hybridized carbons (Fsp3) is 0.381. The molecule has 0 fully saturated rings. The van der Waals surface area contributed by atoms with E-state index in [-0.39, 0.29) is 24.0 Å². The summed E-state index contributed by atoms with van der Waals surface area (Å²) in [5, 5.41) is 16.7. The molecule has 0 spiro atoms. The first-order chi connectivity index (χ1) is 13.2. The number of aliphatic imine (C=N–C) groups is 1. The third-order valence-corrected chi connectivity index (χ3v) is 4.13. The van der Waals surface area contributed by atoms with Gasteiger partial charge in [0.2, 0.25) is 0 Å². The van der Waals surface area contributed by atoms with Crippen LogP contribution >= 0.6 is 24.0 Å². The van der Waals surface area contributed by atoms with Crippen LogP contribution in [-0.2, 0) is 6.42 Å². The monoisotopic (exact) mass is 497 g/mol. The Morgan fingerprint density at radius 2 is 1.86 bits per heavy atom. The zero-order valence-corrected chi connectivity index (χ0v) is 18.4. The largest absolute Gasteiger partial charge is 0.490 e. The SMILES string of the molecule is CCNC(=NCC(O)Cc1ccccc1)Nc1ccc2c(c1)OCCCO2.I. The summed E-state index contributed by atoms with van der Waals surface area (Å²) >= 11 is 0. The second kappa shape index (κ2) is 11.8. The molecular formula is C21H28IN3O3. The number of aliphatic hydroxyl groups is 1. The lowest BCUT2D eigenvalue weighted by Gasteiger charge is -2.15. The van der Waals surface area contributed by atoms with Crippen molar-refractivity contribution in [3.05, 3.63) is 54.1 Å². The van der Waals surface area contributed by atoms with Crippen LogP contribution in [-0.4, -0.2) is 43.5 Å². The third kappa shape index (κ3) is 6.87. The van der Waals surface area contributed by atoms with Gasteiger partial charge in [-0.2, -0.15) is 0 Å². The van der Waals surface area contributed by atoms with Gasteiger partial charge in [0.15, 0.2) is 17.5 Å². The topological polar surface area (TPSA) is 75.1 Å². The van der Waals surface area contributed by atoms with Crippen LogP contribution in [0, 0.1) is 0 Å². The van der Waals surface area contributed by atoms with Crippen LogP contribution in [0.3, 0.4) is 0 Å². The van der Waals surface area contributed by atoms with Crippen LogP contribution in [0.1, 0.15) is 18.9 Å². The number of fused-ring (bicyclic) bond motifs is 1. The van der Waals surface area contributed by atoms with Crippen molar-refractivity contribution in [2.24, 2.45) is 4.99 Å². The van der Waals surface area contributed by atoms with Crippen LogP contribution in [0.15, 0.2) is 53.5 Å². The number of rotatable bonds is 6. The van der Waals surface area contributed by atoms with E-state index in [1.54, 1.807) is 0 Å². The molecule has 0 saturated heterocycles. The van der Waals surface area contributed by atoms with Crippen molar-refractivity contribution in [2.75, 3.05) is 31.6 Å². The second-order valence-electron chi connectivity index (χ2n) is 6.40. The Kier molecular flexibility index (Phi) is 9.36. The van der Waals surface area contributed by atoms with Crippen molar-refractivity contribution in [1.29, 1.82) is 0 Å². The number of halogens is 1. The number of guanidine groups is 1. The summed E-state index contributed by atoms with van der Waals surface area (Å²) in [4.78, 5) is 4.51. The van der Waals surface area contributed by atoms with Gasteiger partial charge in [-0.15, -0.1) is 24.0 Å². The Morgan fingerprint density at radius 1 is 1.11 bits per heavy atom. The van der Waals surface area contributed by atoms with Gasteiger partial charge >= 0.3 is 0 Å². The van der Waals surface area contributed by atoms with E-state index in [2.05, 4.69) is 15.6 Å². The smallest absolute Gasteiger partial charge is 0.195 e. The van der Waals surface area contributed by atoms with Crippen molar-refractivity contribution in [3.63, 3.8) is 0 Å². The first-order valence-electron chi connectivity index (χ1n) is 9.41. The molecule has 6 nitrogen and oxygen atoms in total. The molecule has 0 amide bonds. The Morgan fingerprint density at radius 3 is 2.61 bits per heavy atom. The molecule has 1 atom stereocenters. The van der Waals surface area contributed by atoms with Crippen molar-refractivity contribution in [3.8, 4) is 11.5 Å². The first-order valence-corrected chi connectivity index (χ1v) is 9.41. The number of hydrogen-bond acceptors (Lipinski definition) is 4. The summed E-state index contributed by atoms with van der Waals surface area (Å²) in [5.41, 5.74) is 1.96. The van der Waals surface area contributed by atoms with E-state index in [1.165, 1.54) is 0 Å². The molecule has 0 saturated carbocycles. The van der Waals surface area contributed by atoms with Crippen molar-refractivity contribution >= 4 is 35.6 Å². The molecule has 2 aromatic rings. The molecule has 7 heteroatoms. The zero-order valence-electron chi connectivity index (χ0n) is 16.1. The lowest BCUT2D eigenvalue weighted by atomic mass is 10.1. The predicted molar refractivity (Wildman–Crippen MR) is 123 cm³/mol. The summed E-state index contributed by atoms with van der Waals surface area (Å²) in [5.74, 6) is 2.12. The van der Waals surface area contributed by atoms with E-state index in [0.717, 1.165) is 35.7 Å². The van der Waals surface area contributed by atoms with E-state index in [0.29, 0.717) is 32.1 Å². The van der Waals surface area contributed by atoms with Crippen molar-refractivity contribution in [1.82, 2.24) is 5.32 Å². The van der Waals surface area contributed by atoms with Gasteiger partial charge in [-0.25, -0.2) is 0 Å².